The molecule has 9 nitrogen and oxygen atoms in total. The van der Waals surface area contributed by atoms with E-state index in [1.807, 2.05) is 4.90 Å². The standard InChI is InChI=1S/C22H23N7O2/c1-15-5-3-6-17(13-15)26-9-11-27(12-10-26)19(30)14-28-18-7-4-8-23-20(18)29-16(2)24-25-21(29)22(28)31/h3-8,13H,9-12,14H2,1-2H3. The van der Waals surface area contributed by atoms with E-state index in [4.69, 9.17) is 0 Å². The van der Waals surface area contributed by atoms with E-state index < -0.39 is 0 Å². The first-order valence-electron chi connectivity index (χ1n) is 10.3. The summed E-state index contributed by atoms with van der Waals surface area (Å²) >= 11 is 0. The summed E-state index contributed by atoms with van der Waals surface area (Å²) in [5.41, 5.74) is 3.39. The van der Waals surface area contributed by atoms with Gasteiger partial charge in [0.1, 0.15) is 12.4 Å². The Labute approximate surface area is 178 Å². The molecule has 0 radical (unpaired) electrons. The van der Waals surface area contributed by atoms with Crippen LogP contribution in [0.5, 0.6) is 0 Å². The molecule has 0 aliphatic carbocycles. The highest BCUT2D eigenvalue weighted by Crippen LogP contribution is 2.18. The van der Waals surface area contributed by atoms with Crippen molar-refractivity contribution in [2.45, 2.75) is 20.4 Å². The number of aromatic nitrogens is 5. The van der Waals surface area contributed by atoms with Crippen molar-refractivity contribution in [3.8, 4) is 0 Å². The van der Waals surface area contributed by atoms with Gasteiger partial charge in [0.25, 0.3) is 5.56 Å². The van der Waals surface area contributed by atoms with Crippen LogP contribution in [-0.2, 0) is 11.3 Å². The summed E-state index contributed by atoms with van der Waals surface area (Å²) in [6, 6.07) is 11.9. The van der Waals surface area contributed by atoms with Gasteiger partial charge >= 0.3 is 0 Å². The molecular weight excluding hydrogens is 394 g/mol. The second-order valence-corrected chi connectivity index (χ2v) is 7.85. The molecule has 1 amide bonds. The van der Waals surface area contributed by atoms with Crippen molar-refractivity contribution in [2.75, 3.05) is 31.1 Å². The van der Waals surface area contributed by atoms with Crippen LogP contribution in [0.15, 0.2) is 47.4 Å². The lowest BCUT2D eigenvalue weighted by molar-refractivity contribution is -0.132. The van der Waals surface area contributed by atoms with E-state index in [0.29, 0.717) is 30.1 Å². The van der Waals surface area contributed by atoms with E-state index in [0.717, 1.165) is 13.1 Å². The van der Waals surface area contributed by atoms with Crippen LogP contribution in [0.4, 0.5) is 5.69 Å². The normalized spacial score (nSPS) is 14.5. The maximum atomic E-state index is 13.1. The van der Waals surface area contributed by atoms with Gasteiger partial charge in [0, 0.05) is 38.1 Å². The van der Waals surface area contributed by atoms with E-state index in [1.54, 1.807) is 29.7 Å². The quantitative estimate of drug-likeness (QED) is 0.501. The summed E-state index contributed by atoms with van der Waals surface area (Å²) in [6.07, 6.45) is 1.66. The third kappa shape index (κ3) is 3.31. The molecule has 0 saturated carbocycles. The van der Waals surface area contributed by atoms with Gasteiger partial charge in [0.2, 0.25) is 11.6 Å². The average Bonchev–Trinajstić information content (AvgIpc) is 3.18. The molecule has 9 heteroatoms. The van der Waals surface area contributed by atoms with Gasteiger partial charge in [-0.05, 0) is 43.7 Å². The Morgan fingerprint density at radius 2 is 1.81 bits per heavy atom. The van der Waals surface area contributed by atoms with Gasteiger partial charge in [0.05, 0.1) is 5.52 Å². The number of nitrogens with zero attached hydrogens (tertiary/aromatic N) is 7. The fourth-order valence-corrected chi connectivity index (χ4v) is 4.19. The maximum absolute atomic E-state index is 13.1. The van der Waals surface area contributed by atoms with Gasteiger partial charge < -0.3 is 9.80 Å². The number of anilines is 1. The van der Waals surface area contributed by atoms with Crippen LogP contribution in [0.3, 0.4) is 0 Å². The minimum absolute atomic E-state index is 0.0477. The third-order valence-electron chi connectivity index (χ3n) is 5.82. The molecule has 0 unspecified atom stereocenters. The Hall–Kier alpha value is -3.75. The number of carbonyl (C=O) groups excluding carboxylic acids is 1. The molecule has 5 rings (SSSR count). The highest BCUT2D eigenvalue weighted by molar-refractivity contribution is 5.80. The number of fused-ring (bicyclic) bond motifs is 3. The van der Waals surface area contributed by atoms with Crippen LogP contribution in [0.1, 0.15) is 11.4 Å². The smallest absolute Gasteiger partial charge is 0.297 e. The molecule has 1 aromatic carbocycles. The predicted molar refractivity (Wildman–Crippen MR) is 117 cm³/mol. The SMILES string of the molecule is Cc1cccc(N2CCN(C(=O)Cn3c(=O)c4nnc(C)n4c4ncccc43)CC2)c1. The molecule has 1 aliphatic rings. The molecule has 31 heavy (non-hydrogen) atoms. The fourth-order valence-electron chi connectivity index (χ4n) is 4.19. The molecule has 3 aromatic heterocycles. The van der Waals surface area contributed by atoms with E-state index in [9.17, 15) is 9.59 Å². The van der Waals surface area contributed by atoms with Crippen LogP contribution in [-0.4, -0.2) is 61.1 Å². The van der Waals surface area contributed by atoms with Gasteiger partial charge in [-0.1, -0.05) is 12.1 Å². The summed E-state index contributed by atoms with van der Waals surface area (Å²) in [5.74, 6) is 0.498. The molecule has 4 aromatic rings. The summed E-state index contributed by atoms with van der Waals surface area (Å²) in [4.78, 5) is 34.7. The zero-order valence-corrected chi connectivity index (χ0v) is 17.5. The van der Waals surface area contributed by atoms with Crippen LogP contribution in [0.2, 0.25) is 0 Å². The molecule has 0 spiro atoms. The molecule has 0 bridgehead atoms. The average molecular weight is 417 g/mol. The number of amides is 1. The van der Waals surface area contributed by atoms with Crippen LogP contribution in [0, 0.1) is 13.8 Å². The number of benzene rings is 1. The van der Waals surface area contributed by atoms with E-state index in [2.05, 4.69) is 51.3 Å². The van der Waals surface area contributed by atoms with Crippen LogP contribution < -0.4 is 10.5 Å². The van der Waals surface area contributed by atoms with Crippen LogP contribution in [0.25, 0.3) is 16.8 Å². The lowest BCUT2D eigenvalue weighted by Gasteiger charge is -2.36. The Morgan fingerprint density at radius 1 is 1.00 bits per heavy atom. The summed E-state index contributed by atoms with van der Waals surface area (Å²) in [5, 5.41) is 8.03. The highest BCUT2D eigenvalue weighted by Gasteiger charge is 2.24. The first-order chi connectivity index (χ1) is 15.0. The third-order valence-corrected chi connectivity index (χ3v) is 5.82. The zero-order valence-electron chi connectivity index (χ0n) is 17.5. The Balaban J connectivity index is 1.40. The summed E-state index contributed by atoms with van der Waals surface area (Å²) < 4.78 is 3.10. The van der Waals surface area contributed by atoms with E-state index >= 15 is 0 Å². The second-order valence-electron chi connectivity index (χ2n) is 7.85. The first-order valence-corrected chi connectivity index (χ1v) is 10.3. The van der Waals surface area contributed by atoms with Gasteiger partial charge in [-0.3, -0.25) is 18.6 Å². The van der Waals surface area contributed by atoms with Crippen molar-refractivity contribution in [3.63, 3.8) is 0 Å². The largest absolute Gasteiger partial charge is 0.368 e. The molecule has 0 N–H and O–H groups in total. The van der Waals surface area contributed by atoms with Gasteiger partial charge in [0.15, 0.2) is 5.65 Å². The molecule has 1 saturated heterocycles. The number of rotatable bonds is 3. The number of carbonyl (C=O) groups is 1. The van der Waals surface area contributed by atoms with Gasteiger partial charge in [-0.15, -0.1) is 10.2 Å². The van der Waals surface area contributed by atoms with Gasteiger partial charge in [-0.25, -0.2) is 4.98 Å². The molecule has 158 valence electrons. The topological polar surface area (TPSA) is 88.6 Å². The monoisotopic (exact) mass is 417 g/mol. The summed E-state index contributed by atoms with van der Waals surface area (Å²) in [6.45, 7) is 6.55. The Morgan fingerprint density at radius 3 is 2.58 bits per heavy atom. The number of pyridine rings is 1. The van der Waals surface area contributed by atoms with Crippen molar-refractivity contribution < 1.29 is 4.79 Å². The lowest BCUT2D eigenvalue weighted by atomic mass is 10.2. The van der Waals surface area contributed by atoms with Crippen molar-refractivity contribution in [2.24, 2.45) is 0 Å². The number of hydrogen-bond acceptors (Lipinski definition) is 6. The van der Waals surface area contributed by atoms with Crippen molar-refractivity contribution >= 4 is 28.4 Å². The Kier molecular flexibility index (Phi) is 4.65. The van der Waals surface area contributed by atoms with E-state index in [1.165, 1.54) is 15.8 Å². The first kappa shape index (κ1) is 19.2. The predicted octanol–water partition coefficient (Wildman–Crippen LogP) is 1.40. The minimum atomic E-state index is -0.340. The highest BCUT2D eigenvalue weighted by atomic mass is 16.2. The molecule has 4 heterocycles. The number of hydrogen-bond donors (Lipinski definition) is 0. The molecule has 0 atom stereocenters. The number of piperazine rings is 1. The van der Waals surface area contributed by atoms with Crippen molar-refractivity contribution in [1.82, 2.24) is 29.0 Å². The van der Waals surface area contributed by atoms with Crippen molar-refractivity contribution in [1.29, 1.82) is 0 Å². The molecular formula is C22H23N7O2. The van der Waals surface area contributed by atoms with Gasteiger partial charge in [-0.2, -0.15) is 0 Å². The molecule has 1 fully saturated rings. The number of aryl methyl sites for hydroxylation is 2. The lowest BCUT2D eigenvalue weighted by Crippen LogP contribution is -2.50. The van der Waals surface area contributed by atoms with E-state index in [-0.39, 0.29) is 23.7 Å². The van der Waals surface area contributed by atoms with Crippen LogP contribution >= 0.6 is 0 Å². The minimum Gasteiger partial charge on any atom is -0.368 e. The Bertz CT molecular complexity index is 1350. The maximum Gasteiger partial charge on any atom is 0.297 e. The summed E-state index contributed by atoms with van der Waals surface area (Å²) in [7, 11) is 0. The fraction of sp³-hybridized carbons (Fsp3) is 0.318. The molecule has 1 aliphatic heterocycles. The second kappa shape index (κ2) is 7.50. The van der Waals surface area contributed by atoms with Crippen molar-refractivity contribution in [3.05, 3.63) is 64.3 Å². The zero-order chi connectivity index (χ0) is 21.5.